The number of carbonyl (C=O) groups is 1. The molecule has 2 aromatic carbocycles. The number of sulfonamides is 1. The molecular weight excluding hydrogens is 459 g/mol. The van der Waals surface area contributed by atoms with Crippen LogP contribution < -0.4 is 0 Å². The topological polar surface area (TPSA) is 57.7 Å². The first-order valence-corrected chi connectivity index (χ1v) is 11.8. The number of hydrogen-bond donors (Lipinski definition) is 0. The highest BCUT2D eigenvalue weighted by molar-refractivity contribution is 9.10. The molecule has 29 heavy (non-hydrogen) atoms. The van der Waals surface area contributed by atoms with Crippen molar-refractivity contribution in [3.05, 3.63) is 64.4 Å². The quantitative estimate of drug-likeness (QED) is 0.538. The molecule has 0 saturated heterocycles. The fourth-order valence-corrected chi connectivity index (χ4v) is 4.80. The Hall–Kier alpha value is -1.77. The molecule has 0 spiro atoms. The summed E-state index contributed by atoms with van der Waals surface area (Å²) < 4.78 is 40.3. The van der Waals surface area contributed by atoms with Gasteiger partial charge in [-0.15, -0.1) is 0 Å². The fourth-order valence-electron chi connectivity index (χ4n) is 3.14. The molecule has 0 heterocycles. The zero-order valence-electron chi connectivity index (χ0n) is 16.2. The van der Waals surface area contributed by atoms with Crippen LogP contribution in [0.25, 0.3) is 0 Å². The summed E-state index contributed by atoms with van der Waals surface area (Å²) in [4.78, 5) is 14.7. The summed E-state index contributed by atoms with van der Waals surface area (Å²) in [6, 6.07) is 12.9. The zero-order chi connectivity index (χ0) is 21.0. The van der Waals surface area contributed by atoms with E-state index in [0.29, 0.717) is 13.0 Å². The van der Waals surface area contributed by atoms with Crippen LogP contribution in [-0.2, 0) is 21.4 Å². The van der Waals surface area contributed by atoms with Crippen LogP contribution in [0, 0.1) is 5.82 Å². The summed E-state index contributed by atoms with van der Waals surface area (Å²) in [5.41, 5.74) is 1.07. The number of amides is 1. The first kappa shape index (κ1) is 21.9. The van der Waals surface area contributed by atoms with Crippen molar-refractivity contribution < 1.29 is 17.6 Å². The van der Waals surface area contributed by atoms with Gasteiger partial charge >= 0.3 is 0 Å². The normalized spacial score (nSPS) is 14.2. The van der Waals surface area contributed by atoms with E-state index in [1.54, 1.807) is 0 Å². The SMILES string of the molecule is CN(CCCC(=O)N(Cc1cccc(Br)c1)C1CC1)S(=O)(=O)c1ccc(F)cc1. The van der Waals surface area contributed by atoms with Gasteiger partial charge < -0.3 is 4.90 Å². The molecule has 0 radical (unpaired) electrons. The Balaban J connectivity index is 1.55. The van der Waals surface area contributed by atoms with Crippen molar-refractivity contribution in [2.75, 3.05) is 13.6 Å². The van der Waals surface area contributed by atoms with Crippen LogP contribution in [0.2, 0.25) is 0 Å². The molecule has 3 rings (SSSR count). The molecule has 1 fully saturated rings. The summed E-state index contributed by atoms with van der Waals surface area (Å²) in [6.45, 7) is 0.785. The lowest BCUT2D eigenvalue weighted by molar-refractivity contribution is -0.132. The van der Waals surface area contributed by atoms with Crippen molar-refractivity contribution >= 4 is 31.9 Å². The smallest absolute Gasteiger partial charge is 0.242 e. The molecular formula is C21H24BrFN2O3S. The largest absolute Gasteiger partial charge is 0.335 e. The Morgan fingerprint density at radius 1 is 1.17 bits per heavy atom. The van der Waals surface area contributed by atoms with Gasteiger partial charge in [0.25, 0.3) is 0 Å². The molecule has 0 aromatic heterocycles. The minimum absolute atomic E-state index is 0.0417. The number of carbonyl (C=O) groups excluding carboxylic acids is 1. The Bertz CT molecular complexity index is 962. The maximum absolute atomic E-state index is 13.0. The third-order valence-electron chi connectivity index (χ3n) is 4.94. The van der Waals surface area contributed by atoms with E-state index in [9.17, 15) is 17.6 Å². The van der Waals surface area contributed by atoms with Gasteiger partial charge in [0.1, 0.15) is 5.82 Å². The number of rotatable bonds is 9. The molecule has 156 valence electrons. The van der Waals surface area contributed by atoms with E-state index in [1.807, 2.05) is 29.2 Å². The molecule has 0 unspecified atom stereocenters. The predicted octanol–water partition coefficient (Wildman–Crippen LogP) is 4.18. The van der Waals surface area contributed by atoms with Gasteiger partial charge in [-0.3, -0.25) is 4.79 Å². The van der Waals surface area contributed by atoms with Gasteiger partial charge in [0, 0.05) is 37.1 Å². The van der Waals surface area contributed by atoms with Crippen LogP contribution in [0.4, 0.5) is 4.39 Å². The van der Waals surface area contributed by atoms with E-state index in [0.717, 1.165) is 35.0 Å². The van der Waals surface area contributed by atoms with Crippen molar-refractivity contribution in [1.29, 1.82) is 0 Å². The van der Waals surface area contributed by atoms with Gasteiger partial charge in [-0.05, 0) is 61.2 Å². The minimum atomic E-state index is -3.69. The second-order valence-electron chi connectivity index (χ2n) is 7.27. The Morgan fingerprint density at radius 2 is 1.86 bits per heavy atom. The summed E-state index contributed by atoms with van der Waals surface area (Å²) in [5.74, 6) is -0.442. The van der Waals surface area contributed by atoms with Crippen molar-refractivity contribution in [2.24, 2.45) is 0 Å². The van der Waals surface area contributed by atoms with Crippen LogP contribution in [0.15, 0.2) is 57.9 Å². The van der Waals surface area contributed by atoms with Gasteiger partial charge in [0.05, 0.1) is 4.90 Å². The first-order chi connectivity index (χ1) is 13.8. The average molecular weight is 483 g/mol. The predicted molar refractivity (Wildman–Crippen MR) is 113 cm³/mol. The molecule has 0 aliphatic heterocycles. The third-order valence-corrected chi connectivity index (χ3v) is 7.30. The number of hydrogen-bond acceptors (Lipinski definition) is 3. The molecule has 1 aliphatic rings. The average Bonchev–Trinajstić information content (AvgIpc) is 3.51. The van der Waals surface area contributed by atoms with Crippen molar-refractivity contribution in [3.8, 4) is 0 Å². The molecule has 1 saturated carbocycles. The maximum atomic E-state index is 13.0. The Morgan fingerprint density at radius 3 is 2.48 bits per heavy atom. The van der Waals surface area contributed by atoms with Gasteiger partial charge in [-0.2, -0.15) is 0 Å². The van der Waals surface area contributed by atoms with Crippen LogP contribution >= 0.6 is 15.9 Å². The van der Waals surface area contributed by atoms with Crippen LogP contribution in [0.1, 0.15) is 31.2 Å². The lowest BCUT2D eigenvalue weighted by Gasteiger charge is -2.23. The van der Waals surface area contributed by atoms with Gasteiger partial charge in [-0.25, -0.2) is 17.1 Å². The van der Waals surface area contributed by atoms with Crippen LogP contribution in [-0.4, -0.2) is 43.2 Å². The van der Waals surface area contributed by atoms with Crippen molar-refractivity contribution in [2.45, 2.75) is 43.2 Å². The lowest BCUT2D eigenvalue weighted by Crippen LogP contribution is -2.34. The van der Waals surface area contributed by atoms with Gasteiger partial charge in [0.15, 0.2) is 0 Å². The molecule has 0 N–H and O–H groups in total. The lowest BCUT2D eigenvalue weighted by atomic mass is 10.2. The van der Waals surface area contributed by atoms with E-state index in [2.05, 4.69) is 15.9 Å². The maximum Gasteiger partial charge on any atom is 0.242 e. The molecule has 2 aromatic rings. The number of nitrogens with zero attached hydrogens (tertiary/aromatic N) is 2. The van der Waals surface area contributed by atoms with E-state index in [1.165, 1.54) is 23.5 Å². The third kappa shape index (κ3) is 5.87. The minimum Gasteiger partial charge on any atom is -0.335 e. The summed E-state index contributed by atoms with van der Waals surface area (Å²) >= 11 is 3.45. The van der Waals surface area contributed by atoms with Gasteiger partial charge in [0.2, 0.25) is 15.9 Å². The van der Waals surface area contributed by atoms with Crippen LogP contribution in [0.3, 0.4) is 0 Å². The molecule has 0 atom stereocenters. The monoisotopic (exact) mass is 482 g/mol. The molecule has 1 amide bonds. The highest BCUT2D eigenvalue weighted by atomic mass is 79.9. The van der Waals surface area contributed by atoms with Crippen molar-refractivity contribution in [3.63, 3.8) is 0 Å². The van der Waals surface area contributed by atoms with E-state index >= 15 is 0 Å². The van der Waals surface area contributed by atoms with E-state index in [4.69, 9.17) is 0 Å². The second kappa shape index (κ2) is 9.36. The molecule has 0 bridgehead atoms. The van der Waals surface area contributed by atoms with Gasteiger partial charge in [-0.1, -0.05) is 28.1 Å². The fraction of sp³-hybridized carbons (Fsp3) is 0.381. The second-order valence-corrected chi connectivity index (χ2v) is 10.2. The number of halogens is 2. The summed E-state index contributed by atoms with van der Waals surface area (Å²) in [7, 11) is -2.22. The van der Waals surface area contributed by atoms with E-state index in [-0.39, 0.29) is 29.8 Å². The highest BCUT2D eigenvalue weighted by Crippen LogP contribution is 2.29. The summed E-state index contributed by atoms with van der Waals surface area (Å²) in [5, 5.41) is 0. The Labute approximate surface area is 179 Å². The highest BCUT2D eigenvalue weighted by Gasteiger charge is 2.32. The van der Waals surface area contributed by atoms with Crippen molar-refractivity contribution in [1.82, 2.24) is 9.21 Å². The van der Waals surface area contributed by atoms with Crippen LogP contribution in [0.5, 0.6) is 0 Å². The zero-order valence-corrected chi connectivity index (χ0v) is 18.6. The molecule has 1 aliphatic carbocycles. The number of benzene rings is 2. The van der Waals surface area contributed by atoms with E-state index < -0.39 is 15.8 Å². The summed E-state index contributed by atoms with van der Waals surface area (Å²) in [6.07, 6.45) is 2.74. The first-order valence-electron chi connectivity index (χ1n) is 9.53. The Kier molecular flexibility index (Phi) is 7.08. The molecule has 8 heteroatoms. The molecule has 5 nitrogen and oxygen atoms in total. The standard InChI is InChI=1S/C21H24BrFN2O3S/c1-24(29(27,28)20-11-7-18(23)8-12-20)13-3-6-21(26)25(19-9-10-19)15-16-4-2-5-17(22)14-16/h2,4-5,7-8,11-12,14,19H,3,6,9-10,13,15H2,1H3.